The molecule has 0 aromatic carbocycles. The van der Waals surface area contributed by atoms with Crippen molar-refractivity contribution in [2.24, 2.45) is 11.7 Å². The van der Waals surface area contributed by atoms with Gasteiger partial charge in [0.2, 0.25) is 11.8 Å². The number of thioether (sulfide) groups is 1. The number of hydrogen-bond donors (Lipinski definition) is 5. The Morgan fingerprint density at radius 3 is 2.50 bits per heavy atom. The Hall–Kier alpha value is -2.61. The summed E-state index contributed by atoms with van der Waals surface area (Å²) in [7, 11) is 0. The molecule has 2 amide bonds. The smallest absolute Gasteiger partial charge is 0.353 e. The molecule has 0 aromatic rings. The van der Waals surface area contributed by atoms with E-state index in [4.69, 9.17) is 20.7 Å². The van der Waals surface area contributed by atoms with Crippen LogP contribution in [-0.2, 0) is 23.9 Å². The summed E-state index contributed by atoms with van der Waals surface area (Å²) in [5.41, 5.74) is 5.47. The fourth-order valence-electron chi connectivity index (χ4n) is 4.20. The van der Waals surface area contributed by atoms with Crippen LogP contribution in [0.15, 0.2) is 22.4 Å². The molecule has 6 N–H and O–H groups in total. The maximum atomic E-state index is 11.9. The number of nitrogens with zero attached hydrogens (tertiary/aromatic N) is 2. The number of aliphatic hydroxyl groups excluding tert-OH is 2. The topological polar surface area (TPSA) is 191 Å². The molecule has 0 bridgehead atoms. The van der Waals surface area contributed by atoms with Crippen molar-refractivity contribution in [1.29, 1.82) is 0 Å². The number of fused-ring (bicyclic) bond motifs is 2. The Morgan fingerprint density at radius 2 is 2.00 bits per heavy atom. The van der Waals surface area contributed by atoms with E-state index in [1.54, 1.807) is 6.92 Å². The monoisotopic (exact) mass is 471 g/mol. The number of rotatable bonds is 7. The summed E-state index contributed by atoms with van der Waals surface area (Å²) in [6, 6.07) is -1.27. The summed E-state index contributed by atoms with van der Waals surface area (Å²) in [5.74, 6) is -2.46. The first-order valence-corrected chi connectivity index (χ1v) is 10.9. The summed E-state index contributed by atoms with van der Waals surface area (Å²) < 4.78 is 5.17. The van der Waals surface area contributed by atoms with E-state index in [2.05, 4.69) is 0 Å². The number of amides is 2. The van der Waals surface area contributed by atoms with Gasteiger partial charge in [-0.2, -0.15) is 0 Å². The molecule has 3 fully saturated rings. The van der Waals surface area contributed by atoms with Gasteiger partial charge in [-0.3, -0.25) is 14.5 Å². The minimum absolute atomic E-state index is 0.0698. The van der Waals surface area contributed by atoms with Crippen LogP contribution >= 0.6 is 11.8 Å². The van der Waals surface area contributed by atoms with E-state index < -0.39 is 36.2 Å². The van der Waals surface area contributed by atoms with Gasteiger partial charge in [-0.1, -0.05) is 0 Å². The third kappa shape index (κ3) is 4.08. The van der Waals surface area contributed by atoms with E-state index in [9.17, 15) is 29.4 Å². The van der Waals surface area contributed by atoms with Crippen LogP contribution in [0.4, 0.5) is 0 Å². The molecule has 0 spiro atoms. The highest BCUT2D eigenvalue weighted by atomic mass is 32.2. The lowest BCUT2D eigenvalue weighted by molar-refractivity contribution is -0.163. The number of aliphatic hydroxyl groups is 2. The molecule has 0 unspecified atom stereocenters. The number of carboxylic acids is 2. The molecule has 4 rings (SSSR count). The van der Waals surface area contributed by atoms with Gasteiger partial charge in [-0.15, -0.1) is 11.8 Å². The zero-order valence-electron chi connectivity index (χ0n) is 17.2. The van der Waals surface area contributed by atoms with E-state index >= 15 is 0 Å². The highest BCUT2D eigenvalue weighted by molar-refractivity contribution is 8.03. The van der Waals surface area contributed by atoms with Crippen LogP contribution in [0.3, 0.4) is 0 Å². The maximum Gasteiger partial charge on any atom is 0.353 e. The molecule has 12 nitrogen and oxygen atoms in total. The van der Waals surface area contributed by atoms with E-state index in [-0.39, 0.29) is 42.3 Å². The van der Waals surface area contributed by atoms with Crippen LogP contribution in [0.1, 0.15) is 19.8 Å². The van der Waals surface area contributed by atoms with Crippen LogP contribution in [0, 0.1) is 5.92 Å². The van der Waals surface area contributed by atoms with Gasteiger partial charge in [0, 0.05) is 23.6 Å². The molecule has 0 aromatic heterocycles. The van der Waals surface area contributed by atoms with Crippen molar-refractivity contribution in [2.45, 2.75) is 44.2 Å². The summed E-state index contributed by atoms with van der Waals surface area (Å²) in [6.45, 7) is 1.72. The van der Waals surface area contributed by atoms with Crippen LogP contribution in [0.25, 0.3) is 0 Å². The Balaban J connectivity index is 0.000000186. The quantitative estimate of drug-likeness (QED) is 0.271. The molecule has 32 heavy (non-hydrogen) atoms. The van der Waals surface area contributed by atoms with Crippen LogP contribution in [0.2, 0.25) is 0 Å². The van der Waals surface area contributed by atoms with Gasteiger partial charge < -0.3 is 35.8 Å². The van der Waals surface area contributed by atoms with Crippen molar-refractivity contribution in [3.05, 3.63) is 22.4 Å². The fourth-order valence-corrected chi connectivity index (χ4v) is 5.18. The first kappa shape index (κ1) is 24.0. The Kier molecular flexibility index (Phi) is 7.12. The molecule has 176 valence electrons. The lowest BCUT2D eigenvalue weighted by Gasteiger charge is -2.44. The molecule has 5 atom stereocenters. The largest absolute Gasteiger partial charge is 0.479 e. The van der Waals surface area contributed by atoms with Gasteiger partial charge in [0.15, 0.2) is 12.3 Å². The minimum Gasteiger partial charge on any atom is -0.479 e. The van der Waals surface area contributed by atoms with E-state index in [0.29, 0.717) is 23.6 Å². The van der Waals surface area contributed by atoms with Crippen molar-refractivity contribution < 1.29 is 44.3 Å². The van der Waals surface area contributed by atoms with E-state index in [1.807, 2.05) is 0 Å². The zero-order valence-corrected chi connectivity index (χ0v) is 18.0. The van der Waals surface area contributed by atoms with E-state index in [1.165, 1.54) is 27.6 Å². The second-order valence-electron chi connectivity index (χ2n) is 7.57. The number of carbonyl (C=O) groups excluding carboxylic acids is 2. The Labute approximate surface area is 187 Å². The zero-order chi connectivity index (χ0) is 23.7. The van der Waals surface area contributed by atoms with Gasteiger partial charge in [0.25, 0.3) is 0 Å². The second kappa shape index (κ2) is 9.48. The number of hydrogen-bond acceptors (Lipinski definition) is 9. The summed E-state index contributed by atoms with van der Waals surface area (Å²) in [4.78, 5) is 48.1. The van der Waals surface area contributed by atoms with Crippen molar-refractivity contribution >= 4 is 35.5 Å². The summed E-state index contributed by atoms with van der Waals surface area (Å²) in [6.07, 6.45) is 0.791. The van der Waals surface area contributed by atoms with Gasteiger partial charge in [0.1, 0.15) is 11.5 Å². The lowest BCUT2D eigenvalue weighted by atomic mass is 9.83. The molecule has 4 aliphatic rings. The van der Waals surface area contributed by atoms with Crippen molar-refractivity contribution in [3.8, 4) is 0 Å². The number of nitrogens with two attached hydrogens (primary N) is 1. The molecule has 0 saturated carbocycles. The third-order valence-corrected chi connectivity index (χ3v) is 6.73. The second-order valence-corrected chi connectivity index (χ2v) is 8.76. The SMILES string of the molecule is C[C@@H](O)[C@H]1C(=O)N2C(C(=O)O)=C(SCCN)C[C@H]12.O=C(O)[C@H]1/C(=C/CO)O[C@@H]2CC(=O)N21. The normalized spacial score (nSPS) is 30.1. The molecule has 0 radical (unpaired) electrons. The predicted molar refractivity (Wildman–Crippen MR) is 110 cm³/mol. The molecule has 3 saturated heterocycles. The molecular formula is C19H25N3O9S. The number of ether oxygens (including phenoxy) is 1. The van der Waals surface area contributed by atoms with Gasteiger partial charge in [-0.25, -0.2) is 9.59 Å². The molecule has 0 aliphatic carbocycles. The van der Waals surface area contributed by atoms with Crippen LogP contribution < -0.4 is 5.73 Å². The first-order valence-electron chi connectivity index (χ1n) is 9.95. The summed E-state index contributed by atoms with van der Waals surface area (Å²) in [5, 5.41) is 36.2. The lowest BCUT2D eigenvalue weighted by Crippen LogP contribution is -2.61. The van der Waals surface area contributed by atoms with Gasteiger partial charge >= 0.3 is 11.9 Å². The number of carbonyl (C=O) groups is 4. The number of β-lactam (4-membered cyclic amide) rings is 2. The Bertz CT molecular complexity index is 887. The van der Waals surface area contributed by atoms with Crippen molar-refractivity contribution in [1.82, 2.24) is 9.80 Å². The van der Waals surface area contributed by atoms with E-state index in [0.717, 1.165) is 0 Å². The average Bonchev–Trinajstić information content (AvgIpc) is 3.19. The average molecular weight is 471 g/mol. The van der Waals surface area contributed by atoms with Gasteiger partial charge in [0.05, 0.1) is 31.1 Å². The highest BCUT2D eigenvalue weighted by Gasteiger charge is 2.56. The number of aliphatic carboxylic acids is 2. The van der Waals surface area contributed by atoms with Gasteiger partial charge in [-0.05, 0) is 13.0 Å². The Morgan fingerprint density at radius 1 is 1.31 bits per heavy atom. The first-order chi connectivity index (χ1) is 15.1. The predicted octanol–water partition coefficient (Wildman–Crippen LogP) is -1.51. The number of carboxylic acid groups (broad SMARTS) is 2. The molecule has 13 heteroatoms. The maximum absolute atomic E-state index is 11.9. The minimum atomic E-state index is -1.14. The fraction of sp³-hybridized carbons (Fsp3) is 0.579. The summed E-state index contributed by atoms with van der Waals surface area (Å²) >= 11 is 1.38. The van der Waals surface area contributed by atoms with Crippen molar-refractivity contribution in [3.63, 3.8) is 0 Å². The third-order valence-electron chi connectivity index (χ3n) is 5.58. The molecular weight excluding hydrogens is 446 g/mol. The van der Waals surface area contributed by atoms with Crippen LogP contribution in [0.5, 0.6) is 0 Å². The standard InChI is InChI=1S/C11H16N2O4S.C8H9NO5/c1-5(14)8-6-4-7(18-3-2-12)9(11(16)17)13(6)10(8)15;10-2-1-4-7(8(12)13)9-5(11)3-6(9)14-4/h5-6,8,14H,2-4,12H2,1H3,(H,16,17);1,6-7,10H,2-3H2,(H,12,13)/b;4-1-/t5-,6-,8-;6-,7-/m11/s1. The van der Waals surface area contributed by atoms with Crippen molar-refractivity contribution in [2.75, 3.05) is 18.9 Å². The highest BCUT2D eigenvalue weighted by Crippen LogP contribution is 2.46. The molecule has 4 aliphatic heterocycles. The molecule has 4 heterocycles. The van der Waals surface area contributed by atoms with Crippen LogP contribution in [-0.4, -0.2) is 97.3 Å².